The first-order valence-corrected chi connectivity index (χ1v) is 14.9. The molecule has 9 nitrogen and oxygen atoms in total. The Kier molecular flexibility index (Phi) is 7.13. The number of anilines is 4. The van der Waals surface area contributed by atoms with Gasteiger partial charge >= 0.3 is 6.03 Å². The van der Waals surface area contributed by atoms with E-state index in [1.54, 1.807) is 18.2 Å². The van der Waals surface area contributed by atoms with Gasteiger partial charge < -0.3 is 25.8 Å². The number of piperidine rings is 1. The van der Waals surface area contributed by atoms with Gasteiger partial charge in [0, 0.05) is 73.5 Å². The molecule has 2 aliphatic heterocycles. The van der Waals surface area contributed by atoms with Crippen molar-refractivity contribution in [1.82, 2.24) is 20.2 Å². The number of likely N-dealkylation sites (tertiary alicyclic amines) is 1. The van der Waals surface area contributed by atoms with E-state index in [9.17, 15) is 10.1 Å². The fraction of sp³-hybridized carbons (Fsp3) is 0.294. The third-order valence-electron chi connectivity index (χ3n) is 9.00. The van der Waals surface area contributed by atoms with Gasteiger partial charge in [-0.1, -0.05) is 30.3 Å². The molecule has 4 aromatic rings. The zero-order valence-electron chi connectivity index (χ0n) is 24.0. The SMILES string of the molecule is N#Cc1cccc(NC(=O)N2CCC3(CC2)Cc2cnc(Nc4ccc(N5CCNCC5)cc4)nc2-c2ccccc23)c1. The summed E-state index contributed by atoms with van der Waals surface area (Å²) in [6.45, 7) is 5.36. The molecular weight excluding hydrogens is 536 g/mol. The van der Waals surface area contributed by atoms with E-state index in [1.807, 2.05) is 17.2 Å². The maximum atomic E-state index is 13.1. The summed E-state index contributed by atoms with van der Waals surface area (Å²) in [5.41, 5.74) is 7.86. The Morgan fingerprint density at radius 1 is 0.930 bits per heavy atom. The van der Waals surface area contributed by atoms with Gasteiger partial charge in [-0.2, -0.15) is 5.26 Å². The van der Waals surface area contributed by atoms with Crippen molar-refractivity contribution < 1.29 is 4.79 Å². The van der Waals surface area contributed by atoms with Crippen LogP contribution < -0.4 is 20.9 Å². The molecule has 1 aliphatic carbocycles. The smallest absolute Gasteiger partial charge is 0.321 e. The largest absolute Gasteiger partial charge is 0.369 e. The van der Waals surface area contributed by atoms with E-state index >= 15 is 0 Å². The summed E-state index contributed by atoms with van der Waals surface area (Å²) < 4.78 is 0. The Hall–Kier alpha value is -4.94. The first-order valence-electron chi connectivity index (χ1n) is 14.9. The van der Waals surface area contributed by atoms with Crippen LogP contribution in [0.15, 0.2) is 79.0 Å². The zero-order chi connectivity index (χ0) is 29.2. The molecule has 7 rings (SSSR count). The Balaban J connectivity index is 1.06. The molecule has 0 radical (unpaired) electrons. The van der Waals surface area contributed by atoms with Gasteiger partial charge in [-0.25, -0.2) is 14.8 Å². The van der Waals surface area contributed by atoms with E-state index < -0.39 is 0 Å². The number of piperazine rings is 1. The van der Waals surface area contributed by atoms with Crippen LogP contribution in [0, 0.1) is 11.3 Å². The van der Waals surface area contributed by atoms with Gasteiger partial charge in [0.2, 0.25) is 5.95 Å². The second kappa shape index (κ2) is 11.4. The Morgan fingerprint density at radius 3 is 2.51 bits per heavy atom. The maximum Gasteiger partial charge on any atom is 0.321 e. The minimum Gasteiger partial charge on any atom is -0.369 e. The van der Waals surface area contributed by atoms with Crippen LogP contribution in [0.25, 0.3) is 11.3 Å². The number of amides is 2. The molecule has 0 bridgehead atoms. The summed E-state index contributed by atoms with van der Waals surface area (Å²) in [5, 5.41) is 19.0. The number of carbonyl (C=O) groups is 1. The highest BCUT2D eigenvalue weighted by atomic mass is 16.2. The molecule has 3 aliphatic rings. The van der Waals surface area contributed by atoms with E-state index in [0.717, 1.165) is 67.9 Å². The quantitative estimate of drug-likeness (QED) is 0.306. The van der Waals surface area contributed by atoms with Crippen molar-refractivity contribution in [3.8, 4) is 17.3 Å². The lowest BCUT2D eigenvalue weighted by molar-refractivity contribution is 0.166. The van der Waals surface area contributed by atoms with E-state index in [1.165, 1.54) is 11.3 Å². The van der Waals surface area contributed by atoms with Crippen molar-refractivity contribution in [2.45, 2.75) is 24.7 Å². The third-order valence-corrected chi connectivity index (χ3v) is 9.00. The summed E-state index contributed by atoms with van der Waals surface area (Å²) >= 11 is 0. The van der Waals surface area contributed by atoms with Crippen molar-refractivity contribution >= 4 is 29.0 Å². The van der Waals surface area contributed by atoms with Crippen LogP contribution in [0.3, 0.4) is 0 Å². The number of aromatic nitrogens is 2. The second-order valence-electron chi connectivity index (χ2n) is 11.6. The molecule has 2 amide bonds. The average molecular weight is 571 g/mol. The van der Waals surface area contributed by atoms with Crippen LogP contribution in [0.5, 0.6) is 0 Å². The Bertz CT molecular complexity index is 1680. The number of nitriles is 1. The number of hydrogen-bond donors (Lipinski definition) is 3. The number of carbonyl (C=O) groups excluding carboxylic acids is 1. The first-order chi connectivity index (χ1) is 21.1. The topological polar surface area (TPSA) is 109 Å². The van der Waals surface area contributed by atoms with E-state index in [0.29, 0.717) is 30.3 Å². The molecule has 1 aromatic heterocycles. The summed E-state index contributed by atoms with van der Waals surface area (Å²) in [6, 6.07) is 26.1. The number of hydrogen-bond acceptors (Lipinski definition) is 7. The highest BCUT2D eigenvalue weighted by Gasteiger charge is 2.42. The predicted molar refractivity (Wildman–Crippen MR) is 169 cm³/mol. The highest BCUT2D eigenvalue weighted by molar-refractivity contribution is 5.89. The summed E-state index contributed by atoms with van der Waals surface area (Å²) in [5.74, 6) is 0.589. The monoisotopic (exact) mass is 570 g/mol. The minimum absolute atomic E-state index is 0.0702. The van der Waals surface area contributed by atoms with E-state index in [4.69, 9.17) is 9.97 Å². The molecule has 0 saturated carbocycles. The molecule has 2 fully saturated rings. The molecule has 216 valence electrons. The molecule has 3 heterocycles. The van der Waals surface area contributed by atoms with Gasteiger partial charge in [0.1, 0.15) is 0 Å². The molecule has 0 unspecified atom stereocenters. The molecule has 3 aromatic carbocycles. The summed E-state index contributed by atoms with van der Waals surface area (Å²) in [6.07, 6.45) is 4.53. The van der Waals surface area contributed by atoms with Crippen molar-refractivity contribution in [3.05, 3.63) is 95.7 Å². The number of nitrogens with one attached hydrogen (secondary N) is 3. The number of urea groups is 1. The highest BCUT2D eigenvalue weighted by Crippen LogP contribution is 2.48. The van der Waals surface area contributed by atoms with Crippen molar-refractivity contribution in [1.29, 1.82) is 5.26 Å². The number of nitrogens with zero attached hydrogens (tertiary/aromatic N) is 5. The first kappa shape index (κ1) is 26.9. The summed E-state index contributed by atoms with van der Waals surface area (Å²) in [7, 11) is 0. The molecule has 3 N–H and O–H groups in total. The van der Waals surface area contributed by atoms with Gasteiger partial charge in [0.25, 0.3) is 0 Å². The predicted octanol–water partition coefficient (Wildman–Crippen LogP) is 5.29. The van der Waals surface area contributed by atoms with Crippen molar-refractivity contribution in [2.75, 3.05) is 54.8 Å². The van der Waals surface area contributed by atoms with Gasteiger partial charge in [0.05, 0.1) is 17.3 Å². The molecule has 1 spiro atoms. The Morgan fingerprint density at radius 2 is 1.72 bits per heavy atom. The normalized spacial score (nSPS) is 17.0. The van der Waals surface area contributed by atoms with Crippen LogP contribution >= 0.6 is 0 Å². The van der Waals surface area contributed by atoms with E-state index in [-0.39, 0.29) is 11.4 Å². The van der Waals surface area contributed by atoms with Gasteiger partial charge in [-0.3, -0.25) is 0 Å². The fourth-order valence-corrected chi connectivity index (χ4v) is 6.70. The number of fused-ring (bicyclic) bond motifs is 4. The van der Waals surface area contributed by atoms with Crippen molar-refractivity contribution in [3.63, 3.8) is 0 Å². The van der Waals surface area contributed by atoms with E-state index in [2.05, 4.69) is 75.5 Å². The molecule has 2 saturated heterocycles. The van der Waals surface area contributed by atoms with Crippen LogP contribution in [0.2, 0.25) is 0 Å². The van der Waals surface area contributed by atoms with Gasteiger partial charge in [0.15, 0.2) is 0 Å². The maximum absolute atomic E-state index is 13.1. The third kappa shape index (κ3) is 5.38. The van der Waals surface area contributed by atoms with Crippen LogP contribution in [0.4, 0.5) is 27.8 Å². The average Bonchev–Trinajstić information content (AvgIpc) is 3.06. The van der Waals surface area contributed by atoms with Crippen LogP contribution in [0.1, 0.15) is 29.5 Å². The Labute approximate surface area is 251 Å². The fourth-order valence-electron chi connectivity index (χ4n) is 6.70. The lowest BCUT2D eigenvalue weighted by atomic mass is 9.64. The molecule has 43 heavy (non-hydrogen) atoms. The lowest BCUT2D eigenvalue weighted by Crippen LogP contribution is -2.48. The van der Waals surface area contributed by atoms with Crippen molar-refractivity contribution in [2.24, 2.45) is 0 Å². The minimum atomic E-state index is -0.130. The van der Waals surface area contributed by atoms with Gasteiger partial charge in [-0.05, 0) is 72.9 Å². The lowest BCUT2D eigenvalue weighted by Gasteiger charge is -2.45. The number of rotatable bonds is 4. The number of benzene rings is 3. The summed E-state index contributed by atoms with van der Waals surface area (Å²) in [4.78, 5) is 27.1. The second-order valence-corrected chi connectivity index (χ2v) is 11.6. The van der Waals surface area contributed by atoms with Crippen LogP contribution in [-0.4, -0.2) is 60.2 Å². The molecule has 0 atom stereocenters. The van der Waals surface area contributed by atoms with Gasteiger partial charge in [-0.15, -0.1) is 0 Å². The molecular formula is C34H34N8O. The zero-order valence-corrected chi connectivity index (χ0v) is 24.0. The molecule has 9 heteroatoms. The standard InChI is InChI=1S/C34H34N8O/c35-22-24-4-3-5-27(20-24)39-33(43)42-16-12-34(13-17-42)21-25-23-37-32(40-31(25)29-6-1-2-7-30(29)34)38-26-8-10-28(11-9-26)41-18-14-36-15-19-41/h1-11,20,23,36H,12-19,21H2,(H,39,43)(H,37,38,40). The van der Waals surface area contributed by atoms with Crippen LogP contribution in [-0.2, 0) is 11.8 Å².